The summed E-state index contributed by atoms with van der Waals surface area (Å²) in [5.74, 6) is -93.8. The third-order valence-electron chi connectivity index (χ3n) is 5.76. The number of aliphatic hydroxyl groups is 1. The number of sulfonamides is 1. The highest BCUT2D eigenvalue weighted by Crippen LogP contribution is 2.68. The third kappa shape index (κ3) is 5.61. The van der Waals surface area contributed by atoms with Gasteiger partial charge in [0.05, 0.1) is 6.61 Å². The first kappa shape index (κ1) is 45.1. The van der Waals surface area contributed by atoms with Crippen LogP contribution in [-0.4, -0.2) is 108 Å². The van der Waals surface area contributed by atoms with Gasteiger partial charge in [0, 0.05) is 13.1 Å². The van der Waals surface area contributed by atoms with Gasteiger partial charge >= 0.3 is 70.7 Å². The van der Waals surface area contributed by atoms with Gasteiger partial charge in [0.1, 0.15) is 0 Å². The molecular weight excluding hydrogens is 773 g/mol. The Morgan fingerprint density at radius 2 is 0.660 bits per heavy atom. The molecule has 4 nitrogen and oxygen atoms in total. The second-order valence-corrected chi connectivity index (χ2v) is 10.9. The first-order valence-electron chi connectivity index (χ1n) is 10.9. The number of alkyl halides is 25. The Kier molecular flexibility index (Phi) is 11.4. The number of hydrogen-bond acceptors (Lipinski definition) is 3. The molecule has 0 fully saturated rings. The molecule has 0 aliphatic rings. The zero-order chi connectivity index (χ0) is 38.9. The molecule has 0 aromatic carbocycles. The molecule has 0 rings (SSSR count). The monoisotopic (exact) mass is 785 g/mol. The van der Waals surface area contributed by atoms with Gasteiger partial charge in [-0.2, -0.15) is 114 Å². The van der Waals surface area contributed by atoms with Crippen molar-refractivity contribution in [2.24, 2.45) is 0 Å². The van der Waals surface area contributed by atoms with E-state index in [4.69, 9.17) is 5.11 Å². The summed E-state index contributed by atoms with van der Waals surface area (Å²) in [5, 5.41) is 0.616. The second kappa shape index (κ2) is 11.9. The quantitative estimate of drug-likeness (QED) is 0.165. The van der Waals surface area contributed by atoms with Crippen molar-refractivity contribution in [3.8, 4) is 0 Å². The van der Waals surface area contributed by atoms with Crippen LogP contribution in [0.4, 0.5) is 110 Å². The van der Waals surface area contributed by atoms with E-state index >= 15 is 0 Å². The van der Waals surface area contributed by atoms with E-state index in [9.17, 15) is 118 Å². The molecular formula is C17H12F25NO3S. The molecule has 284 valence electrons. The van der Waals surface area contributed by atoms with E-state index in [-0.39, 0.29) is 0 Å². The van der Waals surface area contributed by atoms with Crippen LogP contribution < -0.4 is 0 Å². The highest BCUT2D eigenvalue weighted by Gasteiger charge is 3.00. The van der Waals surface area contributed by atoms with Crippen LogP contribution in [0.5, 0.6) is 0 Å². The van der Waals surface area contributed by atoms with Gasteiger partial charge in [-0.1, -0.05) is 6.92 Å². The minimum atomic E-state index is -9.75. The van der Waals surface area contributed by atoms with E-state index in [0.29, 0.717) is 0 Å². The van der Waals surface area contributed by atoms with Gasteiger partial charge in [0.15, 0.2) is 0 Å². The van der Waals surface area contributed by atoms with Crippen molar-refractivity contribution in [1.82, 2.24) is 4.31 Å². The standard InChI is InChI=1S/C17H12F25NO3S/c1-2-3-43(4-5-44)47(45,46)17(41,42)15(36,37)13(32,33)11(28,29)9(24,25)7(20,21)6(18,19)8(22,23)10(26,27)12(30,31)14(34,35)16(38,39)40/h44H,2-5H2,1H3. The van der Waals surface area contributed by atoms with Crippen molar-refractivity contribution >= 4 is 10.0 Å². The van der Waals surface area contributed by atoms with Gasteiger partial charge in [0.2, 0.25) is 0 Å². The highest BCUT2D eigenvalue weighted by molar-refractivity contribution is 7.90. The molecule has 0 amide bonds. The largest absolute Gasteiger partial charge is 0.460 e. The van der Waals surface area contributed by atoms with E-state index in [1.54, 1.807) is 0 Å². The van der Waals surface area contributed by atoms with Crippen molar-refractivity contribution < 1.29 is 123 Å². The summed E-state index contributed by atoms with van der Waals surface area (Å²) in [6, 6.07) is 0. The molecule has 1 N–H and O–H groups in total. The maximum absolute atomic E-state index is 14.2. The molecule has 0 aliphatic heterocycles. The lowest BCUT2D eigenvalue weighted by Gasteiger charge is -2.45. The number of aliphatic hydroxyl groups excluding tert-OH is 1. The van der Waals surface area contributed by atoms with Crippen molar-refractivity contribution in [1.29, 1.82) is 0 Å². The van der Waals surface area contributed by atoms with Crippen LogP contribution in [0.2, 0.25) is 0 Å². The Morgan fingerprint density at radius 3 is 0.872 bits per heavy atom. The SMILES string of the molecule is CCCN(CCO)S(=O)(=O)C(F)(F)C(F)(F)C(F)(F)C(F)(F)C(F)(F)C(F)(F)C(F)(F)C(F)(F)C(F)(F)C(F)(F)C(F)(F)C(F)(F)F. The normalized spacial score (nSPS) is 16.7. The number of halogens is 25. The Balaban J connectivity index is 7.53. The summed E-state index contributed by atoms with van der Waals surface area (Å²) in [5.41, 5.74) is 0. The summed E-state index contributed by atoms with van der Waals surface area (Å²) in [4.78, 5) is 0. The third-order valence-corrected chi connectivity index (χ3v) is 7.71. The maximum atomic E-state index is 14.2. The van der Waals surface area contributed by atoms with Gasteiger partial charge in [-0.3, -0.25) is 0 Å². The van der Waals surface area contributed by atoms with Crippen LogP contribution in [0.15, 0.2) is 0 Å². The summed E-state index contributed by atoms with van der Waals surface area (Å²) < 4.78 is 360. The molecule has 0 heterocycles. The van der Waals surface area contributed by atoms with Crippen molar-refractivity contribution in [2.45, 2.75) is 84.0 Å². The van der Waals surface area contributed by atoms with E-state index in [2.05, 4.69) is 0 Å². The lowest BCUT2D eigenvalue weighted by atomic mass is 9.85. The predicted molar refractivity (Wildman–Crippen MR) is 98.3 cm³/mol. The predicted octanol–water partition coefficient (Wildman–Crippen LogP) is 7.53. The average Bonchev–Trinajstić information content (AvgIpc) is 2.86. The molecule has 0 radical (unpaired) electrons. The van der Waals surface area contributed by atoms with Crippen molar-refractivity contribution in [2.75, 3.05) is 19.7 Å². The van der Waals surface area contributed by atoms with E-state index in [0.717, 1.165) is 6.92 Å². The topological polar surface area (TPSA) is 57.6 Å². The van der Waals surface area contributed by atoms with E-state index in [1.165, 1.54) is 0 Å². The van der Waals surface area contributed by atoms with Gasteiger partial charge in [0.25, 0.3) is 10.0 Å². The molecule has 0 bridgehead atoms. The number of hydrogen-bond donors (Lipinski definition) is 1. The first-order chi connectivity index (χ1) is 20.0. The summed E-state index contributed by atoms with van der Waals surface area (Å²) in [6.07, 6.45) is -9.03. The maximum Gasteiger partial charge on any atom is 0.460 e. The molecule has 47 heavy (non-hydrogen) atoms. The minimum Gasteiger partial charge on any atom is -0.395 e. The molecule has 0 aliphatic carbocycles. The molecule has 0 unspecified atom stereocenters. The highest BCUT2D eigenvalue weighted by atomic mass is 32.2. The Labute approximate surface area is 242 Å². The number of rotatable bonds is 16. The van der Waals surface area contributed by atoms with Gasteiger partial charge in [-0.05, 0) is 6.42 Å². The van der Waals surface area contributed by atoms with Crippen LogP contribution in [0.1, 0.15) is 13.3 Å². The molecule has 30 heteroatoms. The second-order valence-electron chi connectivity index (χ2n) is 8.89. The number of nitrogens with zero attached hydrogens (tertiary/aromatic N) is 1. The fraction of sp³-hybridized carbons (Fsp3) is 1.00. The van der Waals surface area contributed by atoms with Crippen LogP contribution in [0.25, 0.3) is 0 Å². The molecule has 0 saturated heterocycles. The Bertz CT molecular complexity index is 1220. The fourth-order valence-corrected chi connectivity index (χ4v) is 4.50. The van der Waals surface area contributed by atoms with Crippen LogP contribution >= 0.6 is 0 Å². The van der Waals surface area contributed by atoms with E-state index < -0.39 is 111 Å². The molecule has 0 aromatic rings. The molecule has 0 atom stereocenters. The summed E-state index contributed by atoms with van der Waals surface area (Å²) in [7, 11) is -7.69. The lowest BCUT2D eigenvalue weighted by molar-refractivity contribution is -0.480. The zero-order valence-electron chi connectivity index (χ0n) is 21.4. The summed E-state index contributed by atoms with van der Waals surface area (Å²) in [6.45, 7) is -4.29. The smallest absolute Gasteiger partial charge is 0.395 e. The molecule has 0 aromatic heterocycles. The molecule has 0 saturated carbocycles. The Hall–Kier alpha value is -1.88. The lowest BCUT2D eigenvalue weighted by Crippen LogP contribution is -2.78. The summed E-state index contributed by atoms with van der Waals surface area (Å²) >= 11 is 0. The van der Waals surface area contributed by atoms with Gasteiger partial charge in [-0.15, -0.1) is 0 Å². The van der Waals surface area contributed by atoms with E-state index in [1.807, 2.05) is 0 Å². The van der Waals surface area contributed by atoms with Crippen LogP contribution in [-0.2, 0) is 10.0 Å². The van der Waals surface area contributed by atoms with Gasteiger partial charge < -0.3 is 5.11 Å². The fourth-order valence-electron chi connectivity index (χ4n) is 2.98. The Morgan fingerprint density at radius 1 is 0.426 bits per heavy atom. The van der Waals surface area contributed by atoms with Gasteiger partial charge in [-0.25, -0.2) is 8.42 Å². The van der Waals surface area contributed by atoms with Crippen molar-refractivity contribution in [3.05, 3.63) is 0 Å². The first-order valence-corrected chi connectivity index (χ1v) is 12.3. The van der Waals surface area contributed by atoms with Crippen molar-refractivity contribution in [3.63, 3.8) is 0 Å². The molecule has 0 spiro atoms. The average molecular weight is 785 g/mol. The zero-order valence-corrected chi connectivity index (χ0v) is 22.2. The van der Waals surface area contributed by atoms with Crippen LogP contribution in [0, 0.1) is 0 Å². The minimum absolute atomic E-state index is 0.779. The van der Waals surface area contributed by atoms with Crippen LogP contribution in [0.3, 0.4) is 0 Å².